The van der Waals surface area contributed by atoms with Gasteiger partial charge in [0.15, 0.2) is 5.82 Å². The van der Waals surface area contributed by atoms with Gasteiger partial charge in [-0.25, -0.2) is 9.67 Å². The molecule has 3 rings (SSSR count). The van der Waals surface area contributed by atoms with Crippen molar-refractivity contribution >= 4 is 12.6 Å². The lowest BCUT2D eigenvalue weighted by atomic mass is 9.82. The van der Waals surface area contributed by atoms with Crippen molar-refractivity contribution in [3.8, 4) is 5.82 Å². The van der Waals surface area contributed by atoms with Gasteiger partial charge in [0, 0.05) is 24.0 Å². The fourth-order valence-electron chi connectivity index (χ4n) is 1.76. The van der Waals surface area contributed by atoms with E-state index < -0.39 is 42.6 Å². The van der Waals surface area contributed by atoms with Gasteiger partial charge in [-0.05, 0) is 39.8 Å². The second kappa shape index (κ2) is 4.43. The number of aromatic nitrogens is 3. The maximum Gasteiger partial charge on any atom is 0.498 e. The van der Waals surface area contributed by atoms with E-state index in [0.717, 1.165) is 4.68 Å². The summed E-state index contributed by atoms with van der Waals surface area (Å²) in [6.07, 6.45) is -1.05. The Hall–Kier alpha value is -1.66. The highest BCUT2D eigenvalue weighted by atomic mass is 16.7. The monoisotopic (exact) mass is 277 g/mol. The standard InChI is InChI=1S/C14H18BN3O2/c1-13(2)14(3,4)20-15(19-13)11-9-17-18(10-11)12-7-5-6-8-16-12/h5-10H,1-4H3/i5D,6D,7D,8D,9D,10D. The van der Waals surface area contributed by atoms with Gasteiger partial charge < -0.3 is 9.31 Å². The Balaban J connectivity index is 2.12. The molecule has 0 saturated carbocycles. The van der Waals surface area contributed by atoms with Gasteiger partial charge in [-0.1, -0.05) is 6.04 Å². The van der Waals surface area contributed by atoms with Gasteiger partial charge in [0.05, 0.1) is 19.4 Å². The van der Waals surface area contributed by atoms with Crippen LogP contribution >= 0.6 is 0 Å². The average molecular weight is 277 g/mol. The van der Waals surface area contributed by atoms with Gasteiger partial charge in [0.2, 0.25) is 0 Å². The Labute approximate surface area is 127 Å². The zero-order valence-corrected chi connectivity index (χ0v) is 11.7. The molecular weight excluding hydrogens is 253 g/mol. The van der Waals surface area contributed by atoms with Crippen LogP contribution in [-0.4, -0.2) is 33.1 Å². The minimum absolute atomic E-state index is 0.0814. The highest BCUT2D eigenvalue weighted by Gasteiger charge is 2.52. The molecule has 5 nitrogen and oxygen atoms in total. The zero-order chi connectivity index (χ0) is 19.6. The van der Waals surface area contributed by atoms with Crippen LogP contribution in [-0.2, 0) is 9.31 Å². The quantitative estimate of drug-likeness (QED) is 0.782. The molecule has 2 aromatic heterocycles. The van der Waals surface area contributed by atoms with Crippen LogP contribution < -0.4 is 5.46 Å². The Morgan fingerprint density at radius 3 is 2.60 bits per heavy atom. The second-order valence-corrected chi connectivity index (χ2v) is 5.56. The largest absolute Gasteiger partial charge is 0.498 e. The Kier molecular flexibility index (Phi) is 1.76. The summed E-state index contributed by atoms with van der Waals surface area (Å²) in [7, 11) is -0.982. The van der Waals surface area contributed by atoms with Crippen molar-refractivity contribution in [3.05, 3.63) is 36.6 Å². The molecule has 6 heteroatoms. The molecule has 0 aromatic carbocycles. The summed E-state index contributed by atoms with van der Waals surface area (Å²) in [5.74, 6) is -0.253. The Bertz CT molecular complexity index is 886. The van der Waals surface area contributed by atoms with E-state index in [-0.39, 0.29) is 23.6 Å². The molecule has 1 aliphatic rings. The van der Waals surface area contributed by atoms with Gasteiger partial charge >= 0.3 is 7.12 Å². The van der Waals surface area contributed by atoms with Crippen molar-refractivity contribution in [1.82, 2.24) is 14.8 Å². The van der Waals surface area contributed by atoms with Crippen LogP contribution in [0.25, 0.3) is 5.82 Å². The fourth-order valence-corrected chi connectivity index (χ4v) is 1.76. The van der Waals surface area contributed by atoms with Crippen LogP contribution in [0.3, 0.4) is 0 Å². The van der Waals surface area contributed by atoms with Crippen LogP contribution in [0.4, 0.5) is 0 Å². The Morgan fingerprint density at radius 2 is 1.90 bits per heavy atom. The summed E-state index contributed by atoms with van der Waals surface area (Å²) >= 11 is 0. The summed E-state index contributed by atoms with van der Waals surface area (Å²) in [5.41, 5.74) is -1.24. The molecular formula is C14H18BN3O2. The smallest absolute Gasteiger partial charge is 0.399 e. The molecule has 0 bridgehead atoms. The lowest BCUT2D eigenvalue weighted by Gasteiger charge is -2.32. The van der Waals surface area contributed by atoms with Crippen LogP contribution in [0.15, 0.2) is 36.6 Å². The molecule has 0 amide bonds. The van der Waals surface area contributed by atoms with Crippen LogP contribution in [0.1, 0.15) is 35.9 Å². The van der Waals surface area contributed by atoms with E-state index in [2.05, 4.69) is 10.1 Å². The minimum Gasteiger partial charge on any atom is -0.399 e. The lowest BCUT2D eigenvalue weighted by molar-refractivity contribution is 0.00578. The number of pyridine rings is 1. The highest BCUT2D eigenvalue weighted by Crippen LogP contribution is 2.36. The van der Waals surface area contributed by atoms with Crippen LogP contribution in [0.5, 0.6) is 0 Å². The second-order valence-electron chi connectivity index (χ2n) is 5.56. The maximum atomic E-state index is 8.35. The molecule has 0 spiro atoms. The lowest BCUT2D eigenvalue weighted by Crippen LogP contribution is -2.41. The van der Waals surface area contributed by atoms with E-state index in [4.69, 9.17) is 17.5 Å². The van der Waals surface area contributed by atoms with Crippen molar-refractivity contribution in [2.24, 2.45) is 0 Å². The molecule has 104 valence electrons. The van der Waals surface area contributed by atoms with E-state index >= 15 is 0 Å². The summed E-state index contributed by atoms with van der Waals surface area (Å²) in [6, 6.07) is -1.41. The van der Waals surface area contributed by atoms with Crippen molar-refractivity contribution in [1.29, 1.82) is 0 Å². The van der Waals surface area contributed by atoms with Crippen molar-refractivity contribution in [2.45, 2.75) is 38.9 Å². The topological polar surface area (TPSA) is 49.2 Å². The van der Waals surface area contributed by atoms with Crippen molar-refractivity contribution < 1.29 is 17.5 Å². The first-order valence-corrected chi connectivity index (χ1v) is 6.24. The first-order valence-electron chi connectivity index (χ1n) is 9.24. The SMILES string of the molecule is [2H]c1nc(-n2nc([2H])c(B3OC(C)(C)C(C)(C)O3)c2[2H])c([2H])c([2H])c1[2H]. The molecule has 0 radical (unpaired) electrons. The molecule has 0 unspecified atom stereocenters. The van der Waals surface area contributed by atoms with Gasteiger partial charge in [-0.3, -0.25) is 0 Å². The number of hydrogen-bond acceptors (Lipinski definition) is 4. The molecule has 3 heterocycles. The first kappa shape index (κ1) is 7.95. The third-order valence-electron chi connectivity index (χ3n) is 3.64. The van der Waals surface area contributed by atoms with Gasteiger partial charge in [-0.2, -0.15) is 5.10 Å². The summed E-state index contributed by atoms with van der Waals surface area (Å²) < 4.78 is 60.0. The highest BCUT2D eigenvalue weighted by molar-refractivity contribution is 6.62. The molecule has 1 aliphatic heterocycles. The molecule has 0 aliphatic carbocycles. The van der Waals surface area contributed by atoms with E-state index in [1.54, 1.807) is 0 Å². The number of rotatable bonds is 2. The molecule has 20 heavy (non-hydrogen) atoms. The van der Waals surface area contributed by atoms with Crippen LogP contribution in [0.2, 0.25) is 0 Å². The minimum atomic E-state index is -0.982. The first-order chi connectivity index (χ1) is 11.9. The predicted octanol–water partition coefficient (Wildman–Crippen LogP) is 1.57. The third-order valence-corrected chi connectivity index (χ3v) is 3.64. The van der Waals surface area contributed by atoms with Crippen LogP contribution in [0, 0.1) is 0 Å². The number of nitrogens with zero attached hydrogens (tertiary/aromatic N) is 3. The van der Waals surface area contributed by atoms with Crippen molar-refractivity contribution in [2.75, 3.05) is 0 Å². The van der Waals surface area contributed by atoms with E-state index in [1.807, 2.05) is 27.7 Å². The third kappa shape index (κ3) is 2.15. The van der Waals surface area contributed by atoms with Gasteiger partial charge in [0.25, 0.3) is 0 Å². The molecule has 1 fully saturated rings. The molecule has 0 N–H and O–H groups in total. The average Bonchev–Trinajstić information content (AvgIpc) is 2.93. The van der Waals surface area contributed by atoms with E-state index in [1.165, 1.54) is 0 Å². The Morgan fingerprint density at radius 1 is 1.20 bits per heavy atom. The summed E-state index contributed by atoms with van der Waals surface area (Å²) in [4.78, 5) is 3.79. The molecule has 0 atom stereocenters. The summed E-state index contributed by atoms with van der Waals surface area (Å²) in [6.45, 7) is 7.39. The van der Waals surface area contributed by atoms with E-state index in [9.17, 15) is 0 Å². The van der Waals surface area contributed by atoms with E-state index in [0.29, 0.717) is 0 Å². The fraction of sp³-hybridized carbons (Fsp3) is 0.429. The van der Waals surface area contributed by atoms with Crippen molar-refractivity contribution in [3.63, 3.8) is 0 Å². The summed E-state index contributed by atoms with van der Waals surface area (Å²) in [5, 5.41) is 3.92. The van der Waals surface area contributed by atoms with Gasteiger partial charge in [0.1, 0.15) is 0 Å². The maximum absolute atomic E-state index is 8.35. The number of hydrogen-bond donors (Lipinski definition) is 0. The van der Waals surface area contributed by atoms with Gasteiger partial charge in [-0.15, -0.1) is 0 Å². The molecule has 1 saturated heterocycles. The zero-order valence-electron chi connectivity index (χ0n) is 17.7. The molecule has 2 aromatic rings. The predicted molar refractivity (Wildman–Crippen MR) is 77.1 cm³/mol. The normalized spacial score (nSPS) is 24.5.